The molecule has 3 fully saturated rings. The molecule has 11 heavy (non-hydrogen) atoms. The van der Waals surface area contributed by atoms with E-state index in [4.69, 9.17) is 0 Å². The van der Waals surface area contributed by atoms with Crippen LogP contribution in [0.3, 0.4) is 0 Å². The summed E-state index contributed by atoms with van der Waals surface area (Å²) in [7, 11) is 0. The lowest BCUT2D eigenvalue weighted by Crippen LogP contribution is -2.48. The number of halogens is 1. The van der Waals surface area contributed by atoms with Crippen LogP contribution in [0.1, 0.15) is 33.1 Å². The van der Waals surface area contributed by atoms with E-state index < -0.39 is 0 Å². The van der Waals surface area contributed by atoms with E-state index in [2.05, 4.69) is 20.4 Å². The van der Waals surface area contributed by atoms with Crippen molar-refractivity contribution in [2.75, 3.05) is 0 Å². The first kappa shape index (κ1) is 9.12. The van der Waals surface area contributed by atoms with E-state index in [1.165, 1.54) is 24.8 Å². The van der Waals surface area contributed by atoms with Crippen LogP contribution in [0, 0.1) is 17.3 Å². The van der Waals surface area contributed by atoms with E-state index in [0.29, 0.717) is 5.41 Å². The van der Waals surface area contributed by atoms with E-state index in [1.54, 1.807) is 0 Å². The Balaban J connectivity index is 0.000000605. The van der Waals surface area contributed by atoms with Crippen molar-refractivity contribution in [3.05, 3.63) is 12.2 Å². The Bertz CT molecular complexity index is 179. The van der Waals surface area contributed by atoms with Gasteiger partial charge in [-0.05, 0) is 36.5 Å². The van der Waals surface area contributed by atoms with Gasteiger partial charge in [0.25, 0.3) is 0 Å². The summed E-state index contributed by atoms with van der Waals surface area (Å²) in [4.78, 5) is 0. The molecule has 2 bridgehead atoms. The summed E-state index contributed by atoms with van der Waals surface area (Å²) in [6.07, 6.45) is 4.15. The average molecular weight is 173 g/mol. The Labute approximate surface area is 75.5 Å². The van der Waals surface area contributed by atoms with Crippen LogP contribution in [0.5, 0.6) is 0 Å². The molecule has 3 saturated carbocycles. The molecule has 0 spiro atoms. The van der Waals surface area contributed by atoms with Gasteiger partial charge in [0.05, 0.1) is 0 Å². The van der Waals surface area contributed by atoms with Crippen LogP contribution >= 0.6 is 12.4 Å². The maximum Gasteiger partial charge on any atom is -0.0149 e. The van der Waals surface area contributed by atoms with Crippen molar-refractivity contribution in [3.63, 3.8) is 0 Å². The van der Waals surface area contributed by atoms with Crippen LogP contribution in [0.25, 0.3) is 0 Å². The summed E-state index contributed by atoms with van der Waals surface area (Å²) in [6, 6.07) is 0. The highest BCUT2D eigenvalue weighted by Crippen LogP contribution is 2.60. The summed E-state index contributed by atoms with van der Waals surface area (Å²) < 4.78 is 0. The zero-order valence-corrected chi connectivity index (χ0v) is 8.21. The quantitative estimate of drug-likeness (QED) is 0.492. The summed E-state index contributed by atoms with van der Waals surface area (Å²) in [5.74, 6) is 1.88. The zero-order valence-electron chi connectivity index (χ0n) is 7.39. The third-order valence-electron chi connectivity index (χ3n) is 3.78. The number of rotatable bonds is 0. The topological polar surface area (TPSA) is 0 Å². The first-order chi connectivity index (χ1) is 4.62. The van der Waals surface area contributed by atoms with Crippen molar-refractivity contribution in [2.24, 2.45) is 17.3 Å². The second-order valence-corrected chi connectivity index (χ2v) is 4.50. The van der Waals surface area contributed by atoms with Crippen LogP contribution in [-0.2, 0) is 0 Å². The second-order valence-electron chi connectivity index (χ2n) is 4.50. The predicted octanol–water partition coefficient (Wildman–Crippen LogP) is 3.42. The first-order valence-electron chi connectivity index (χ1n) is 4.30. The predicted molar refractivity (Wildman–Crippen MR) is 51.0 cm³/mol. The van der Waals surface area contributed by atoms with Gasteiger partial charge in [-0.15, -0.1) is 12.4 Å². The summed E-state index contributed by atoms with van der Waals surface area (Å²) in [6.45, 7) is 8.93. The molecule has 0 saturated heterocycles. The maximum atomic E-state index is 4.13. The Hall–Kier alpha value is 0.0300. The molecule has 0 heterocycles. The van der Waals surface area contributed by atoms with Crippen molar-refractivity contribution >= 4 is 12.4 Å². The number of hydrogen-bond acceptors (Lipinski definition) is 0. The fourth-order valence-corrected chi connectivity index (χ4v) is 2.73. The summed E-state index contributed by atoms with van der Waals surface area (Å²) in [5, 5.41) is 0. The van der Waals surface area contributed by atoms with Gasteiger partial charge in [0.15, 0.2) is 0 Å². The third-order valence-corrected chi connectivity index (χ3v) is 3.78. The van der Waals surface area contributed by atoms with Crippen molar-refractivity contribution in [3.8, 4) is 0 Å². The molecular weight excluding hydrogens is 156 g/mol. The molecule has 0 N–H and O–H groups in total. The smallest absolute Gasteiger partial charge is 0.0149 e. The fourth-order valence-electron chi connectivity index (χ4n) is 2.73. The lowest BCUT2D eigenvalue weighted by molar-refractivity contribution is -0.0273. The third kappa shape index (κ3) is 1.03. The lowest BCUT2D eigenvalue weighted by Gasteiger charge is -2.57. The van der Waals surface area contributed by atoms with Crippen LogP contribution in [0.2, 0.25) is 0 Å². The minimum Gasteiger partial charge on any atom is -0.147 e. The monoisotopic (exact) mass is 172 g/mol. The minimum atomic E-state index is 0. The normalized spacial score (nSPS) is 38.9. The van der Waals surface area contributed by atoms with Crippen molar-refractivity contribution < 1.29 is 0 Å². The highest BCUT2D eigenvalue weighted by atomic mass is 35.5. The molecule has 0 aromatic heterocycles. The second kappa shape index (κ2) is 2.52. The molecule has 2 atom stereocenters. The Morgan fingerprint density at radius 1 is 1.45 bits per heavy atom. The molecule has 3 aliphatic rings. The molecule has 1 heteroatoms. The Morgan fingerprint density at radius 2 is 2.09 bits per heavy atom. The molecule has 0 nitrogen and oxygen atoms in total. The van der Waals surface area contributed by atoms with Gasteiger partial charge in [0.1, 0.15) is 0 Å². The van der Waals surface area contributed by atoms with Crippen molar-refractivity contribution in [1.82, 2.24) is 0 Å². The van der Waals surface area contributed by atoms with Gasteiger partial charge >= 0.3 is 0 Å². The minimum absolute atomic E-state index is 0. The molecular formula is C10H17Cl. The van der Waals surface area contributed by atoms with Crippen LogP contribution in [-0.4, -0.2) is 0 Å². The highest BCUT2D eigenvalue weighted by Gasteiger charge is 2.51. The van der Waals surface area contributed by atoms with Gasteiger partial charge in [0, 0.05) is 0 Å². The first-order valence-corrected chi connectivity index (χ1v) is 4.30. The van der Waals surface area contributed by atoms with Crippen molar-refractivity contribution in [1.29, 1.82) is 0 Å². The Morgan fingerprint density at radius 3 is 2.36 bits per heavy atom. The maximum absolute atomic E-state index is 4.13. The van der Waals surface area contributed by atoms with Gasteiger partial charge in [0.2, 0.25) is 0 Å². The molecule has 0 aromatic carbocycles. The van der Waals surface area contributed by atoms with E-state index in [9.17, 15) is 0 Å². The molecule has 0 aliphatic heterocycles. The number of fused-ring (bicyclic) bond motifs is 2. The average Bonchev–Trinajstić information content (AvgIpc) is 1.87. The van der Waals surface area contributed by atoms with Crippen LogP contribution in [0.4, 0.5) is 0 Å². The van der Waals surface area contributed by atoms with Gasteiger partial charge < -0.3 is 0 Å². The molecule has 3 aliphatic carbocycles. The SMILES string of the molecule is C=C1CCC2CC1C2(C)C.Cl. The Kier molecular flexibility index (Phi) is 2.09. The zero-order chi connectivity index (χ0) is 7.35. The summed E-state index contributed by atoms with van der Waals surface area (Å²) >= 11 is 0. The van der Waals surface area contributed by atoms with Crippen molar-refractivity contribution in [2.45, 2.75) is 33.1 Å². The van der Waals surface area contributed by atoms with E-state index in [0.717, 1.165) is 11.8 Å². The van der Waals surface area contributed by atoms with Gasteiger partial charge in [-0.2, -0.15) is 0 Å². The van der Waals surface area contributed by atoms with Gasteiger partial charge in [-0.25, -0.2) is 0 Å². The highest BCUT2D eigenvalue weighted by molar-refractivity contribution is 5.85. The molecule has 2 unspecified atom stereocenters. The molecule has 3 rings (SSSR count). The van der Waals surface area contributed by atoms with Gasteiger partial charge in [-0.3, -0.25) is 0 Å². The summed E-state index contributed by atoms with van der Waals surface area (Å²) in [5.41, 5.74) is 2.13. The van der Waals surface area contributed by atoms with Gasteiger partial charge in [-0.1, -0.05) is 26.0 Å². The van der Waals surface area contributed by atoms with E-state index >= 15 is 0 Å². The molecule has 0 radical (unpaired) electrons. The largest absolute Gasteiger partial charge is 0.147 e. The molecule has 64 valence electrons. The molecule has 0 aromatic rings. The van der Waals surface area contributed by atoms with Crippen LogP contribution in [0.15, 0.2) is 12.2 Å². The number of hydrogen-bond donors (Lipinski definition) is 0. The number of allylic oxidation sites excluding steroid dienone is 1. The van der Waals surface area contributed by atoms with E-state index in [-0.39, 0.29) is 12.4 Å². The van der Waals surface area contributed by atoms with Crippen LogP contribution < -0.4 is 0 Å². The molecule has 0 amide bonds. The standard InChI is InChI=1S/C10H16.ClH/c1-7-4-5-8-6-9(7)10(8,2)3;/h8-9H,1,4-6H2,2-3H3;1H. The lowest BCUT2D eigenvalue weighted by atomic mass is 9.47. The fraction of sp³-hybridized carbons (Fsp3) is 0.800. The van der Waals surface area contributed by atoms with E-state index in [1.807, 2.05) is 0 Å².